The van der Waals surface area contributed by atoms with E-state index in [1.54, 1.807) is 0 Å². The van der Waals surface area contributed by atoms with E-state index in [0.29, 0.717) is 11.4 Å². The number of hydrogen-bond acceptors (Lipinski definition) is 1. The summed E-state index contributed by atoms with van der Waals surface area (Å²) in [6.45, 7) is 2.22. The fourth-order valence-electron chi connectivity index (χ4n) is 1.57. The highest BCUT2D eigenvalue weighted by Gasteiger charge is 2.21. The molecule has 0 bridgehead atoms. The highest BCUT2D eigenvalue weighted by Crippen LogP contribution is 2.26. The van der Waals surface area contributed by atoms with Crippen molar-refractivity contribution in [1.29, 1.82) is 0 Å². The lowest BCUT2D eigenvalue weighted by atomic mass is 9.87. The van der Waals surface area contributed by atoms with Gasteiger partial charge in [-0.15, -0.1) is 11.6 Å². The standard InChI is InChI=1S/C7H14ClN/c1-5-2-6(8)4-7(9)3-5/h5-7H,2-4,9H2,1H3. The van der Waals surface area contributed by atoms with Gasteiger partial charge in [0.05, 0.1) is 0 Å². The molecule has 0 saturated heterocycles. The van der Waals surface area contributed by atoms with E-state index >= 15 is 0 Å². The van der Waals surface area contributed by atoms with Crippen LogP contribution in [0.5, 0.6) is 0 Å². The lowest BCUT2D eigenvalue weighted by Crippen LogP contribution is -2.32. The van der Waals surface area contributed by atoms with Crippen LogP contribution in [0, 0.1) is 5.92 Å². The van der Waals surface area contributed by atoms with Crippen LogP contribution in [0.25, 0.3) is 0 Å². The molecule has 1 saturated carbocycles. The Labute approximate surface area is 61.6 Å². The summed E-state index contributed by atoms with van der Waals surface area (Å²) < 4.78 is 0. The number of halogens is 1. The van der Waals surface area contributed by atoms with E-state index < -0.39 is 0 Å². The summed E-state index contributed by atoms with van der Waals surface area (Å²) in [7, 11) is 0. The van der Waals surface area contributed by atoms with E-state index in [2.05, 4.69) is 6.92 Å². The van der Waals surface area contributed by atoms with Crippen molar-refractivity contribution in [3.05, 3.63) is 0 Å². The predicted octanol–water partition coefficient (Wildman–Crippen LogP) is 1.74. The molecule has 0 spiro atoms. The van der Waals surface area contributed by atoms with Crippen molar-refractivity contribution in [1.82, 2.24) is 0 Å². The second-order valence-corrected chi connectivity index (χ2v) is 3.79. The van der Waals surface area contributed by atoms with Gasteiger partial charge in [0.15, 0.2) is 0 Å². The molecule has 1 fully saturated rings. The van der Waals surface area contributed by atoms with Gasteiger partial charge < -0.3 is 5.73 Å². The summed E-state index contributed by atoms with van der Waals surface area (Å²) in [5.74, 6) is 0.733. The maximum atomic E-state index is 5.93. The molecular weight excluding hydrogens is 134 g/mol. The average Bonchev–Trinajstić information content (AvgIpc) is 1.59. The zero-order chi connectivity index (χ0) is 6.85. The van der Waals surface area contributed by atoms with Gasteiger partial charge in [-0.1, -0.05) is 6.92 Å². The van der Waals surface area contributed by atoms with Gasteiger partial charge in [-0.3, -0.25) is 0 Å². The van der Waals surface area contributed by atoms with Crippen molar-refractivity contribution in [3.63, 3.8) is 0 Å². The molecule has 0 amide bonds. The van der Waals surface area contributed by atoms with Crippen LogP contribution in [-0.4, -0.2) is 11.4 Å². The van der Waals surface area contributed by atoms with Crippen LogP contribution in [0.1, 0.15) is 26.2 Å². The van der Waals surface area contributed by atoms with Crippen molar-refractivity contribution in [2.45, 2.75) is 37.6 Å². The smallest absolute Gasteiger partial charge is 0.0353 e. The lowest BCUT2D eigenvalue weighted by molar-refractivity contribution is 0.349. The van der Waals surface area contributed by atoms with E-state index in [-0.39, 0.29) is 0 Å². The largest absolute Gasteiger partial charge is 0.328 e. The van der Waals surface area contributed by atoms with Gasteiger partial charge in [0.25, 0.3) is 0 Å². The summed E-state index contributed by atoms with van der Waals surface area (Å²) in [5.41, 5.74) is 5.73. The molecule has 0 aliphatic heterocycles. The van der Waals surface area contributed by atoms with Gasteiger partial charge in [-0.2, -0.15) is 0 Å². The van der Waals surface area contributed by atoms with Crippen LogP contribution >= 0.6 is 11.6 Å². The highest BCUT2D eigenvalue weighted by molar-refractivity contribution is 6.20. The summed E-state index contributed by atoms with van der Waals surface area (Å²) in [5, 5.41) is 0.337. The van der Waals surface area contributed by atoms with Crippen molar-refractivity contribution in [2.24, 2.45) is 11.7 Å². The first kappa shape index (κ1) is 7.36. The second kappa shape index (κ2) is 2.89. The minimum atomic E-state index is 0.337. The summed E-state index contributed by atoms with van der Waals surface area (Å²) in [6, 6.07) is 0.358. The molecule has 2 N–H and O–H groups in total. The summed E-state index contributed by atoms with van der Waals surface area (Å²) in [6.07, 6.45) is 3.31. The topological polar surface area (TPSA) is 26.0 Å². The van der Waals surface area contributed by atoms with Crippen molar-refractivity contribution >= 4 is 11.6 Å². The average molecular weight is 148 g/mol. The Balaban J connectivity index is 2.34. The fourth-order valence-corrected chi connectivity index (χ4v) is 2.10. The predicted molar refractivity (Wildman–Crippen MR) is 40.6 cm³/mol. The molecule has 1 rings (SSSR count). The second-order valence-electron chi connectivity index (χ2n) is 3.17. The van der Waals surface area contributed by atoms with Gasteiger partial charge in [-0.05, 0) is 25.2 Å². The number of rotatable bonds is 0. The minimum Gasteiger partial charge on any atom is -0.328 e. The molecule has 0 aromatic heterocycles. The van der Waals surface area contributed by atoms with Gasteiger partial charge in [0, 0.05) is 11.4 Å². The third-order valence-electron chi connectivity index (χ3n) is 1.92. The molecule has 0 radical (unpaired) electrons. The molecule has 2 heteroatoms. The summed E-state index contributed by atoms with van der Waals surface area (Å²) in [4.78, 5) is 0. The normalized spacial score (nSPS) is 45.0. The maximum absolute atomic E-state index is 5.93. The third-order valence-corrected chi connectivity index (χ3v) is 2.28. The Hall–Kier alpha value is 0.250. The first-order chi connectivity index (χ1) is 4.18. The van der Waals surface area contributed by atoms with Crippen molar-refractivity contribution in [2.75, 3.05) is 0 Å². The third kappa shape index (κ3) is 2.15. The van der Waals surface area contributed by atoms with E-state index in [0.717, 1.165) is 25.2 Å². The lowest BCUT2D eigenvalue weighted by Gasteiger charge is -2.27. The number of alkyl halides is 1. The zero-order valence-corrected chi connectivity index (χ0v) is 6.56. The SMILES string of the molecule is CC1CC(N)CC(Cl)C1. The Kier molecular flexibility index (Phi) is 2.36. The molecule has 0 heterocycles. The van der Waals surface area contributed by atoms with Gasteiger partial charge in [-0.25, -0.2) is 0 Å². The molecular formula is C7H14ClN. The van der Waals surface area contributed by atoms with Crippen LogP contribution in [0.3, 0.4) is 0 Å². The molecule has 9 heavy (non-hydrogen) atoms. The van der Waals surface area contributed by atoms with Crippen LogP contribution in [0.15, 0.2) is 0 Å². The Morgan fingerprint density at radius 3 is 2.44 bits per heavy atom. The molecule has 1 aliphatic carbocycles. The molecule has 0 aromatic rings. The number of hydrogen-bond donors (Lipinski definition) is 1. The quantitative estimate of drug-likeness (QED) is 0.519. The molecule has 1 aliphatic rings. The van der Waals surface area contributed by atoms with Crippen molar-refractivity contribution < 1.29 is 0 Å². The monoisotopic (exact) mass is 147 g/mol. The van der Waals surface area contributed by atoms with Crippen LogP contribution < -0.4 is 5.73 Å². The first-order valence-corrected chi connectivity index (χ1v) is 4.01. The van der Waals surface area contributed by atoms with Crippen LogP contribution in [0.2, 0.25) is 0 Å². The van der Waals surface area contributed by atoms with Gasteiger partial charge >= 0.3 is 0 Å². The molecule has 3 atom stereocenters. The number of nitrogens with two attached hydrogens (primary N) is 1. The van der Waals surface area contributed by atoms with Gasteiger partial charge in [0.2, 0.25) is 0 Å². The molecule has 0 aromatic carbocycles. The Morgan fingerprint density at radius 2 is 2.00 bits per heavy atom. The van der Waals surface area contributed by atoms with Crippen LogP contribution in [0.4, 0.5) is 0 Å². The van der Waals surface area contributed by atoms with E-state index in [1.807, 2.05) is 0 Å². The summed E-state index contributed by atoms with van der Waals surface area (Å²) >= 11 is 5.93. The fraction of sp³-hybridized carbons (Fsp3) is 1.00. The van der Waals surface area contributed by atoms with E-state index in [9.17, 15) is 0 Å². The maximum Gasteiger partial charge on any atom is 0.0353 e. The van der Waals surface area contributed by atoms with E-state index in [1.165, 1.54) is 0 Å². The first-order valence-electron chi connectivity index (χ1n) is 3.58. The molecule has 1 nitrogen and oxygen atoms in total. The Bertz CT molecular complexity index is 69.9. The van der Waals surface area contributed by atoms with Gasteiger partial charge in [0.1, 0.15) is 0 Å². The zero-order valence-electron chi connectivity index (χ0n) is 5.81. The minimum absolute atomic E-state index is 0.337. The highest BCUT2D eigenvalue weighted by atomic mass is 35.5. The van der Waals surface area contributed by atoms with Crippen molar-refractivity contribution in [3.8, 4) is 0 Å². The van der Waals surface area contributed by atoms with Crippen LogP contribution in [-0.2, 0) is 0 Å². The molecule has 3 unspecified atom stereocenters. The molecule has 54 valence electrons. The van der Waals surface area contributed by atoms with E-state index in [4.69, 9.17) is 17.3 Å². The Morgan fingerprint density at radius 1 is 1.33 bits per heavy atom.